The van der Waals surface area contributed by atoms with Gasteiger partial charge in [0, 0.05) is 18.2 Å². The van der Waals surface area contributed by atoms with Crippen LogP contribution in [0.5, 0.6) is 0 Å². The van der Waals surface area contributed by atoms with Crippen LogP contribution in [-0.4, -0.2) is 19.7 Å². The van der Waals surface area contributed by atoms with Gasteiger partial charge in [0.2, 0.25) is 5.82 Å². The highest BCUT2D eigenvalue weighted by molar-refractivity contribution is 5.80. The summed E-state index contributed by atoms with van der Waals surface area (Å²) < 4.78 is 7.00. The summed E-state index contributed by atoms with van der Waals surface area (Å²) in [4.78, 5) is 20.9. The molecule has 124 valence electrons. The van der Waals surface area contributed by atoms with E-state index in [1.54, 1.807) is 18.5 Å². The fraction of sp³-hybridized carbons (Fsp3) is 0.158. The molecule has 0 bridgehead atoms. The van der Waals surface area contributed by atoms with Gasteiger partial charge in [0.1, 0.15) is 5.69 Å². The molecule has 2 aromatic heterocycles. The molecule has 4 aromatic rings. The second-order valence-corrected chi connectivity index (χ2v) is 6.06. The summed E-state index contributed by atoms with van der Waals surface area (Å²) in [5, 5.41) is 4.08. The van der Waals surface area contributed by atoms with Gasteiger partial charge in [-0.3, -0.25) is 4.79 Å². The highest BCUT2D eigenvalue weighted by atomic mass is 16.5. The first kappa shape index (κ1) is 15.3. The number of aromatic nitrogens is 4. The van der Waals surface area contributed by atoms with Gasteiger partial charge in [-0.25, -0.2) is 4.98 Å². The van der Waals surface area contributed by atoms with Gasteiger partial charge in [-0.1, -0.05) is 22.9 Å². The van der Waals surface area contributed by atoms with E-state index in [1.165, 1.54) is 0 Å². The van der Waals surface area contributed by atoms with Crippen molar-refractivity contribution in [1.82, 2.24) is 19.7 Å². The summed E-state index contributed by atoms with van der Waals surface area (Å²) in [6, 6.07) is 13.5. The van der Waals surface area contributed by atoms with Gasteiger partial charge in [0.15, 0.2) is 0 Å². The number of aryl methyl sites for hydroxylation is 3. The van der Waals surface area contributed by atoms with Crippen LogP contribution in [0.15, 0.2) is 51.8 Å². The van der Waals surface area contributed by atoms with Gasteiger partial charge >= 0.3 is 0 Å². The van der Waals surface area contributed by atoms with Gasteiger partial charge in [-0.2, -0.15) is 4.98 Å². The molecule has 2 aromatic carbocycles. The van der Waals surface area contributed by atoms with E-state index in [1.807, 2.05) is 49.4 Å². The first-order valence-electron chi connectivity index (χ1n) is 7.91. The molecule has 0 aliphatic rings. The topological polar surface area (TPSA) is 73.8 Å². The molecule has 0 N–H and O–H groups in total. The fourth-order valence-electron chi connectivity index (χ4n) is 2.85. The predicted octanol–water partition coefficient (Wildman–Crippen LogP) is 3.27. The molecule has 2 heterocycles. The second kappa shape index (κ2) is 5.66. The van der Waals surface area contributed by atoms with Crippen molar-refractivity contribution in [1.29, 1.82) is 0 Å². The van der Waals surface area contributed by atoms with Crippen LogP contribution < -0.4 is 5.56 Å². The van der Waals surface area contributed by atoms with Crippen LogP contribution in [0.4, 0.5) is 0 Å². The number of nitrogens with zero attached hydrogens (tertiary/aromatic N) is 4. The Balaban J connectivity index is 1.80. The molecule has 0 atom stereocenters. The standard InChI is InChI=1S/C19H16N4O2/c1-11-5-4-6-14(9-11)18-21-17(22-25-18)13-7-8-16-15(10-13)20-12(2)19(24)23(16)3/h4-10H,1-3H3. The molecule has 6 nitrogen and oxygen atoms in total. The van der Waals surface area contributed by atoms with Crippen molar-refractivity contribution in [3.05, 3.63) is 64.1 Å². The third kappa shape index (κ3) is 2.61. The first-order chi connectivity index (χ1) is 12.0. The Bertz CT molecular complexity index is 1160. The first-order valence-corrected chi connectivity index (χ1v) is 7.91. The van der Waals surface area contributed by atoms with Crippen molar-refractivity contribution in [2.45, 2.75) is 13.8 Å². The van der Waals surface area contributed by atoms with Crippen molar-refractivity contribution in [3.8, 4) is 22.8 Å². The van der Waals surface area contributed by atoms with Gasteiger partial charge in [0.05, 0.1) is 11.0 Å². The summed E-state index contributed by atoms with van der Waals surface area (Å²) in [6.07, 6.45) is 0. The average molecular weight is 332 g/mol. The van der Waals surface area contributed by atoms with E-state index in [2.05, 4.69) is 15.1 Å². The molecular weight excluding hydrogens is 316 g/mol. The van der Waals surface area contributed by atoms with Crippen LogP contribution in [0.1, 0.15) is 11.3 Å². The number of benzene rings is 2. The highest BCUT2D eigenvalue weighted by Crippen LogP contribution is 2.24. The van der Waals surface area contributed by atoms with Crippen molar-refractivity contribution < 1.29 is 4.52 Å². The molecule has 25 heavy (non-hydrogen) atoms. The van der Waals surface area contributed by atoms with Crippen LogP contribution in [0.2, 0.25) is 0 Å². The molecule has 4 rings (SSSR count). The van der Waals surface area contributed by atoms with Gasteiger partial charge in [0.25, 0.3) is 11.4 Å². The average Bonchev–Trinajstić information content (AvgIpc) is 3.09. The van der Waals surface area contributed by atoms with Crippen molar-refractivity contribution in [2.24, 2.45) is 7.05 Å². The van der Waals surface area contributed by atoms with Gasteiger partial charge in [-0.15, -0.1) is 0 Å². The lowest BCUT2D eigenvalue weighted by Crippen LogP contribution is -2.20. The largest absolute Gasteiger partial charge is 0.334 e. The van der Waals surface area contributed by atoms with E-state index in [4.69, 9.17) is 4.52 Å². The third-order valence-corrected chi connectivity index (χ3v) is 4.19. The van der Waals surface area contributed by atoms with Crippen LogP contribution in [-0.2, 0) is 7.05 Å². The second-order valence-electron chi connectivity index (χ2n) is 6.06. The van der Waals surface area contributed by atoms with Gasteiger partial charge in [-0.05, 0) is 44.2 Å². The van der Waals surface area contributed by atoms with E-state index in [0.717, 1.165) is 27.7 Å². The van der Waals surface area contributed by atoms with Crippen LogP contribution >= 0.6 is 0 Å². The molecule has 0 saturated carbocycles. The Labute approximate surface area is 143 Å². The monoisotopic (exact) mass is 332 g/mol. The summed E-state index contributed by atoms with van der Waals surface area (Å²) >= 11 is 0. The molecule has 0 saturated heterocycles. The third-order valence-electron chi connectivity index (χ3n) is 4.19. The van der Waals surface area contributed by atoms with E-state index in [-0.39, 0.29) is 5.56 Å². The lowest BCUT2D eigenvalue weighted by molar-refractivity contribution is 0.432. The Morgan fingerprint density at radius 2 is 1.84 bits per heavy atom. The van der Waals surface area contributed by atoms with E-state index in [0.29, 0.717) is 17.4 Å². The molecule has 0 spiro atoms. The minimum atomic E-state index is -0.0958. The van der Waals surface area contributed by atoms with E-state index >= 15 is 0 Å². The molecule has 0 fully saturated rings. The smallest absolute Gasteiger partial charge is 0.272 e. The lowest BCUT2D eigenvalue weighted by atomic mass is 10.1. The normalized spacial score (nSPS) is 11.2. The van der Waals surface area contributed by atoms with Crippen molar-refractivity contribution in [2.75, 3.05) is 0 Å². The minimum absolute atomic E-state index is 0.0958. The minimum Gasteiger partial charge on any atom is -0.334 e. The molecule has 0 aliphatic heterocycles. The molecule has 0 unspecified atom stereocenters. The Hall–Kier alpha value is -3.28. The zero-order valence-corrected chi connectivity index (χ0v) is 14.1. The zero-order chi connectivity index (χ0) is 17.6. The molecule has 0 aliphatic carbocycles. The summed E-state index contributed by atoms with van der Waals surface area (Å²) in [7, 11) is 1.74. The highest BCUT2D eigenvalue weighted by Gasteiger charge is 2.13. The Morgan fingerprint density at radius 3 is 2.64 bits per heavy atom. The summed E-state index contributed by atoms with van der Waals surface area (Å²) in [6.45, 7) is 3.72. The SMILES string of the molecule is Cc1cccc(-c2nc(-c3ccc4c(c3)nc(C)c(=O)n4C)no2)c1. The van der Waals surface area contributed by atoms with E-state index < -0.39 is 0 Å². The quantitative estimate of drug-likeness (QED) is 0.563. The van der Waals surface area contributed by atoms with E-state index in [9.17, 15) is 4.79 Å². The van der Waals surface area contributed by atoms with Crippen molar-refractivity contribution >= 4 is 11.0 Å². The maximum absolute atomic E-state index is 12.0. The Morgan fingerprint density at radius 1 is 1.00 bits per heavy atom. The van der Waals surface area contributed by atoms with Crippen LogP contribution in [0.3, 0.4) is 0 Å². The number of hydrogen-bond donors (Lipinski definition) is 0. The fourth-order valence-corrected chi connectivity index (χ4v) is 2.85. The predicted molar refractivity (Wildman–Crippen MR) is 95.2 cm³/mol. The summed E-state index contributed by atoms with van der Waals surface area (Å²) in [5.74, 6) is 0.968. The number of fused-ring (bicyclic) bond motifs is 1. The maximum atomic E-state index is 12.0. The van der Waals surface area contributed by atoms with Crippen molar-refractivity contribution in [3.63, 3.8) is 0 Å². The summed E-state index contributed by atoms with van der Waals surface area (Å²) in [5.41, 5.74) is 4.66. The molecule has 0 amide bonds. The number of hydrogen-bond acceptors (Lipinski definition) is 5. The molecule has 0 radical (unpaired) electrons. The lowest BCUT2D eigenvalue weighted by Gasteiger charge is -2.06. The zero-order valence-electron chi connectivity index (χ0n) is 14.1. The Kier molecular flexibility index (Phi) is 3.46. The molecule has 6 heteroatoms. The van der Waals surface area contributed by atoms with Crippen LogP contribution in [0, 0.1) is 13.8 Å². The van der Waals surface area contributed by atoms with Crippen LogP contribution in [0.25, 0.3) is 33.9 Å². The van der Waals surface area contributed by atoms with Gasteiger partial charge < -0.3 is 9.09 Å². The number of rotatable bonds is 2. The molecular formula is C19H16N4O2. The maximum Gasteiger partial charge on any atom is 0.272 e.